The van der Waals surface area contributed by atoms with Crippen LogP contribution < -0.4 is 25.2 Å². The zero-order valence-corrected chi connectivity index (χ0v) is 19.9. The minimum absolute atomic E-state index is 0.00621. The number of nitrogens with one attached hydrogen (secondary N) is 2. The van der Waals surface area contributed by atoms with Gasteiger partial charge in [-0.1, -0.05) is 18.2 Å². The molecular weight excluding hydrogens is 464 g/mol. The molecular formula is C27H26N2O7. The number of H-pyrrole nitrogens is 1. The Morgan fingerprint density at radius 2 is 2.06 bits per heavy atom. The molecule has 5 rings (SSSR count). The maximum absolute atomic E-state index is 13.0. The van der Waals surface area contributed by atoms with Crippen molar-refractivity contribution in [1.82, 2.24) is 10.3 Å². The highest BCUT2D eigenvalue weighted by Gasteiger charge is 2.29. The lowest BCUT2D eigenvalue weighted by Crippen LogP contribution is -2.28. The van der Waals surface area contributed by atoms with E-state index in [4.69, 9.17) is 18.6 Å². The van der Waals surface area contributed by atoms with Gasteiger partial charge in [-0.05, 0) is 42.7 Å². The van der Waals surface area contributed by atoms with Gasteiger partial charge in [0.15, 0.2) is 11.5 Å². The molecule has 186 valence electrons. The topological polar surface area (TPSA) is 123 Å². The van der Waals surface area contributed by atoms with Crippen molar-refractivity contribution in [2.24, 2.45) is 0 Å². The van der Waals surface area contributed by atoms with Crippen LogP contribution in [0.4, 0.5) is 0 Å². The number of aryl methyl sites for hydroxylation is 1. The fraction of sp³-hybridized carbons (Fsp3) is 0.259. The van der Waals surface area contributed by atoms with Crippen LogP contribution in [0.5, 0.6) is 23.0 Å². The Bertz CT molecular complexity index is 1490. The SMILES string of the molecule is COc1cc([C@@H](CC(=O)NCCc2c[nH]c3ccccc23)c2c(O)cc(C)oc2=O)cc2c1OCO2. The zero-order valence-electron chi connectivity index (χ0n) is 19.9. The van der Waals surface area contributed by atoms with Crippen LogP contribution >= 0.6 is 0 Å². The Kier molecular flexibility index (Phi) is 6.28. The first kappa shape index (κ1) is 23.3. The highest BCUT2D eigenvalue weighted by molar-refractivity contribution is 5.83. The predicted octanol–water partition coefficient (Wildman–Crippen LogP) is 3.75. The molecule has 2 aromatic carbocycles. The Morgan fingerprint density at radius 1 is 1.22 bits per heavy atom. The van der Waals surface area contributed by atoms with Crippen LogP contribution in [0.2, 0.25) is 0 Å². The molecule has 1 aliphatic rings. The van der Waals surface area contributed by atoms with Gasteiger partial charge in [-0.3, -0.25) is 4.79 Å². The molecule has 1 amide bonds. The molecule has 1 aliphatic heterocycles. The average Bonchev–Trinajstić information content (AvgIpc) is 3.49. The first-order valence-corrected chi connectivity index (χ1v) is 11.6. The molecule has 0 spiro atoms. The fourth-order valence-electron chi connectivity index (χ4n) is 4.60. The normalized spacial score (nSPS) is 13.1. The number of amides is 1. The van der Waals surface area contributed by atoms with Gasteiger partial charge in [-0.25, -0.2) is 4.79 Å². The minimum Gasteiger partial charge on any atom is -0.507 e. The van der Waals surface area contributed by atoms with E-state index in [-0.39, 0.29) is 36.2 Å². The second kappa shape index (κ2) is 9.69. The van der Waals surface area contributed by atoms with Crippen molar-refractivity contribution < 1.29 is 28.5 Å². The van der Waals surface area contributed by atoms with E-state index in [1.165, 1.54) is 13.2 Å². The number of hydrogen-bond donors (Lipinski definition) is 3. The second-order valence-electron chi connectivity index (χ2n) is 8.62. The summed E-state index contributed by atoms with van der Waals surface area (Å²) in [5.41, 5.74) is 1.97. The van der Waals surface area contributed by atoms with E-state index in [0.717, 1.165) is 16.5 Å². The number of carbonyl (C=O) groups excluding carboxylic acids is 1. The van der Waals surface area contributed by atoms with Gasteiger partial charge in [0.25, 0.3) is 0 Å². The number of ether oxygens (including phenoxy) is 3. The third kappa shape index (κ3) is 4.47. The van der Waals surface area contributed by atoms with Crippen LogP contribution in [0.1, 0.15) is 34.8 Å². The summed E-state index contributed by atoms with van der Waals surface area (Å²) in [7, 11) is 1.49. The molecule has 0 fully saturated rings. The van der Waals surface area contributed by atoms with E-state index in [2.05, 4.69) is 10.3 Å². The lowest BCUT2D eigenvalue weighted by molar-refractivity contribution is -0.121. The molecule has 0 unspecified atom stereocenters. The van der Waals surface area contributed by atoms with Crippen LogP contribution in [0.15, 0.2) is 57.9 Å². The molecule has 9 heteroatoms. The largest absolute Gasteiger partial charge is 0.507 e. The Balaban J connectivity index is 1.40. The number of para-hydroxylation sites is 1. The third-order valence-corrected chi connectivity index (χ3v) is 6.30. The number of aromatic hydroxyl groups is 1. The monoisotopic (exact) mass is 490 g/mol. The summed E-state index contributed by atoms with van der Waals surface area (Å²) in [6.07, 6.45) is 2.47. The standard InChI is InChI=1S/C27H26N2O7/c1-15-9-21(30)25(27(32)36-15)19(17-10-22(33-2)26-23(11-17)34-14-35-26)12-24(31)28-8-7-16-13-29-20-6-4-3-5-18(16)20/h3-6,9-11,13,19,29-30H,7-8,12,14H2,1-2H3,(H,28,31)/t19-/m1/s1. The summed E-state index contributed by atoms with van der Waals surface area (Å²) < 4.78 is 21.7. The summed E-state index contributed by atoms with van der Waals surface area (Å²) in [5.74, 6) is 0.228. The first-order chi connectivity index (χ1) is 17.4. The van der Waals surface area contributed by atoms with Crippen molar-refractivity contribution in [2.75, 3.05) is 20.4 Å². The highest BCUT2D eigenvalue weighted by Crippen LogP contribution is 2.45. The van der Waals surface area contributed by atoms with Gasteiger partial charge in [0.1, 0.15) is 11.5 Å². The van der Waals surface area contributed by atoms with Gasteiger partial charge in [-0.2, -0.15) is 0 Å². The van der Waals surface area contributed by atoms with Crippen molar-refractivity contribution in [1.29, 1.82) is 0 Å². The highest BCUT2D eigenvalue weighted by atomic mass is 16.7. The van der Waals surface area contributed by atoms with E-state index in [0.29, 0.717) is 35.8 Å². The van der Waals surface area contributed by atoms with Gasteiger partial charge in [0.2, 0.25) is 18.4 Å². The van der Waals surface area contributed by atoms with Crippen molar-refractivity contribution in [3.63, 3.8) is 0 Å². The summed E-state index contributed by atoms with van der Waals surface area (Å²) >= 11 is 0. The summed E-state index contributed by atoms with van der Waals surface area (Å²) in [6.45, 7) is 2.01. The van der Waals surface area contributed by atoms with Crippen LogP contribution in [-0.4, -0.2) is 36.4 Å². The lowest BCUT2D eigenvalue weighted by atomic mass is 9.88. The summed E-state index contributed by atoms with van der Waals surface area (Å²) in [4.78, 5) is 29.1. The molecule has 1 atom stereocenters. The number of fused-ring (bicyclic) bond motifs is 2. The molecule has 9 nitrogen and oxygen atoms in total. The van der Waals surface area contributed by atoms with Gasteiger partial charge in [-0.15, -0.1) is 0 Å². The van der Waals surface area contributed by atoms with E-state index >= 15 is 0 Å². The Morgan fingerprint density at radius 3 is 2.86 bits per heavy atom. The molecule has 0 radical (unpaired) electrons. The van der Waals surface area contributed by atoms with E-state index in [1.54, 1.807) is 19.1 Å². The van der Waals surface area contributed by atoms with E-state index < -0.39 is 11.5 Å². The van der Waals surface area contributed by atoms with Crippen LogP contribution in [0.25, 0.3) is 10.9 Å². The number of aromatic amines is 1. The summed E-state index contributed by atoms with van der Waals surface area (Å²) in [5, 5.41) is 14.7. The number of hydrogen-bond acceptors (Lipinski definition) is 7. The van der Waals surface area contributed by atoms with Crippen LogP contribution in [0.3, 0.4) is 0 Å². The minimum atomic E-state index is -0.807. The molecule has 0 aliphatic carbocycles. The first-order valence-electron chi connectivity index (χ1n) is 11.6. The van der Waals surface area contributed by atoms with Gasteiger partial charge in [0, 0.05) is 42.0 Å². The third-order valence-electron chi connectivity index (χ3n) is 6.30. The average molecular weight is 491 g/mol. The quantitative estimate of drug-likeness (QED) is 0.344. The molecule has 3 N–H and O–H groups in total. The lowest BCUT2D eigenvalue weighted by Gasteiger charge is -2.19. The molecule has 36 heavy (non-hydrogen) atoms. The van der Waals surface area contributed by atoms with E-state index in [1.807, 2.05) is 30.5 Å². The van der Waals surface area contributed by atoms with Crippen molar-refractivity contribution in [2.45, 2.75) is 25.7 Å². The maximum Gasteiger partial charge on any atom is 0.343 e. The number of rotatable bonds is 8. The maximum atomic E-state index is 13.0. The van der Waals surface area contributed by atoms with Gasteiger partial charge >= 0.3 is 5.63 Å². The zero-order chi connectivity index (χ0) is 25.2. The number of benzene rings is 2. The molecule has 0 bridgehead atoms. The molecule has 0 saturated heterocycles. The number of aromatic nitrogens is 1. The van der Waals surface area contributed by atoms with Crippen molar-refractivity contribution in [3.05, 3.63) is 81.5 Å². The predicted molar refractivity (Wildman–Crippen MR) is 132 cm³/mol. The fourth-order valence-corrected chi connectivity index (χ4v) is 4.60. The Labute approximate surface area is 206 Å². The number of carbonyl (C=O) groups is 1. The second-order valence-corrected chi connectivity index (χ2v) is 8.62. The number of methoxy groups -OCH3 is 1. The van der Waals surface area contributed by atoms with Crippen molar-refractivity contribution in [3.8, 4) is 23.0 Å². The van der Waals surface area contributed by atoms with Crippen molar-refractivity contribution >= 4 is 16.8 Å². The summed E-state index contributed by atoms with van der Waals surface area (Å²) in [6, 6.07) is 12.7. The molecule has 0 saturated carbocycles. The molecule has 4 aromatic rings. The molecule has 3 heterocycles. The van der Waals surface area contributed by atoms with Gasteiger partial charge in [0.05, 0.1) is 12.7 Å². The van der Waals surface area contributed by atoms with Crippen LogP contribution in [0, 0.1) is 6.92 Å². The van der Waals surface area contributed by atoms with Crippen LogP contribution in [-0.2, 0) is 11.2 Å². The smallest absolute Gasteiger partial charge is 0.343 e. The Hall–Kier alpha value is -4.40. The van der Waals surface area contributed by atoms with Gasteiger partial charge < -0.3 is 34.0 Å². The van der Waals surface area contributed by atoms with E-state index in [9.17, 15) is 14.7 Å². The molecule has 2 aromatic heterocycles.